The number of benzene rings is 1. The lowest BCUT2D eigenvalue weighted by Gasteiger charge is -2.37. The molecule has 0 atom stereocenters. The van der Waals surface area contributed by atoms with Crippen molar-refractivity contribution in [1.82, 2.24) is 14.4 Å². The molecule has 25 heavy (non-hydrogen) atoms. The SMILES string of the molecule is COc1ccc2c(ccn2CC(=O)N2CCN(CC(C)(C)O)CC2)c1. The molecule has 1 amide bonds. The van der Waals surface area contributed by atoms with E-state index in [9.17, 15) is 9.90 Å². The van der Waals surface area contributed by atoms with Crippen molar-refractivity contribution < 1.29 is 14.6 Å². The van der Waals surface area contributed by atoms with E-state index in [1.54, 1.807) is 7.11 Å². The Morgan fingerprint density at radius 3 is 2.56 bits per heavy atom. The van der Waals surface area contributed by atoms with Crippen molar-refractivity contribution in [2.24, 2.45) is 0 Å². The Bertz CT molecular complexity index is 740. The van der Waals surface area contributed by atoms with Gasteiger partial charge in [0, 0.05) is 49.8 Å². The molecule has 1 saturated heterocycles. The molecule has 0 bridgehead atoms. The molecule has 1 aliphatic rings. The maximum Gasteiger partial charge on any atom is 0.242 e. The molecule has 0 saturated carbocycles. The van der Waals surface area contributed by atoms with Crippen LogP contribution in [0.15, 0.2) is 30.5 Å². The molecule has 0 radical (unpaired) electrons. The van der Waals surface area contributed by atoms with Gasteiger partial charge in [0.15, 0.2) is 0 Å². The van der Waals surface area contributed by atoms with E-state index in [2.05, 4.69) is 4.90 Å². The number of carbonyl (C=O) groups excluding carboxylic acids is 1. The minimum atomic E-state index is -0.697. The van der Waals surface area contributed by atoms with E-state index in [0.29, 0.717) is 26.2 Å². The lowest BCUT2D eigenvalue weighted by molar-refractivity contribution is -0.133. The van der Waals surface area contributed by atoms with Crippen LogP contribution in [0.5, 0.6) is 5.75 Å². The summed E-state index contributed by atoms with van der Waals surface area (Å²) in [6.07, 6.45) is 1.95. The van der Waals surface area contributed by atoms with Crippen LogP contribution in [-0.4, -0.2) is 70.8 Å². The molecule has 1 aliphatic heterocycles. The summed E-state index contributed by atoms with van der Waals surface area (Å²) in [4.78, 5) is 16.8. The summed E-state index contributed by atoms with van der Waals surface area (Å²) in [5.41, 5.74) is 0.340. The minimum absolute atomic E-state index is 0.135. The third-order valence-electron chi connectivity index (χ3n) is 4.62. The predicted octanol–water partition coefficient (Wildman–Crippen LogP) is 1.56. The molecule has 0 aliphatic carbocycles. The minimum Gasteiger partial charge on any atom is -0.497 e. The monoisotopic (exact) mass is 345 g/mol. The number of hydrogen-bond acceptors (Lipinski definition) is 4. The van der Waals surface area contributed by atoms with Gasteiger partial charge in [0.1, 0.15) is 12.3 Å². The van der Waals surface area contributed by atoms with Crippen LogP contribution in [-0.2, 0) is 11.3 Å². The topological polar surface area (TPSA) is 57.9 Å². The first-order chi connectivity index (χ1) is 11.9. The summed E-state index contributed by atoms with van der Waals surface area (Å²) < 4.78 is 7.23. The van der Waals surface area contributed by atoms with Crippen LogP contribution in [0.3, 0.4) is 0 Å². The zero-order valence-corrected chi connectivity index (χ0v) is 15.2. The fourth-order valence-electron chi connectivity index (χ4n) is 3.39. The quantitative estimate of drug-likeness (QED) is 0.894. The van der Waals surface area contributed by atoms with Gasteiger partial charge >= 0.3 is 0 Å². The van der Waals surface area contributed by atoms with Crippen LogP contribution in [0.25, 0.3) is 10.9 Å². The van der Waals surface area contributed by atoms with Gasteiger partial charge in [-0.25, -0.2) is 0 Å². The highest BCUT2D eigenvalue weighted by Crippen LogP contribution is 2.22. The second-order valence-corrected chi connectivity index (χ2v) is 7.34. The van der Waals surface area contributed by atoms with Gasteiger partial charge in [-0.3, -0.25) is 9.69 Å². The van der Waals surface area contributed by atoms with Gasteiger partial charge in [-0.05, 0) is 38.1 Å². The normalized spacial score (nSPS) is 16.4. The zero-order valence-electron chi connectivity index (χ0n) is 15.2. The molecule has 1 aromatic carbocycles. The van der Waals surface area contributed by atoms with Crippen molar-refractivity contribution in [2.45, 2.75) is 26.0 Å². The number of amides is 1. The fourth-order valence-corrected chi connectivity index (χ4v) is 3.39. The number of hydrogen-bond donors (Lipinski definition) is 1. The third kappa shape index (κ3) is 4.32. The van der Waals surface area contributed by atoms with Crippen molar-refractivity contribution in [3.05, 3.63) is 30.5 Å². The summed E-state index contributed by atoms with van der Waals surface area (Å²) in [6, 6.07) is 7.89. The van der Waals surface area contributed by atoms with Gasteiger partial charge in [-0.15, -0.1) is 0 Å². The first-order valence-electron chi connectivity index (χ1n) is 8.71. The van der Waals surface area contributed by atoms with Crippen molar-refractivity contribution in [3.8, 4) is 5.75 Å². The maximum absolute atomic E-state index is 12.6. The number of carbonyl (C=O) groups is 1. The van der Waals surface area contributed by atoms with E-state index in [-0.39, 0.29) is 5.91 Å². The Kier molecular flexibility index (Phi) is 5.01. The van der Waals surface area contributed by atoms with Crippen LogP contribution < -0.4 is 4.74 Å². The number of ether oxygens (including phenoxy) is 1. The molecule has 3 rings (SSSR count). The summed E-state index contributed by atoms with van der Waals surface area (Å²) in [6.45, 7) is 7.65. The van der Waals surface area contributed by atoms with Gasteiger partial charge in [-0.1, -0.05) is 0 Å². The highest BCUT2D eigenvalue weighted by molar-refractivity contribution is 5.84. The Morgan fingerprint density at radius 2 is 1.92 bits per heavy atom. The first-order valence-corrected chi connectivity index (χ1v) is 8.71. The van der Waals surface area contributed by atoms with E-state index in [0.717, 1.165) is 29.7 Å². The van der Waals surface area contributed by atoms with Crippen molar-refractivity contribution in [3.63, 3.8) is 0 Å². The first kappa shape index (κ1) is 17.8. The Balaban J connectivity index is 1.60. The number of nitrogens with zero attached hydrogens (tertiary/aromatic N) is 3. The lowest BCUT2D eigenvalue weighted by Crippen LogP contribution is -2.52. The molecule has 2 aromatic rings. The van der Waals surface area contributed by atoms with E-state index in [1.165, 1.54) is 0 Å². The summed E-state index contributed by atoms with van der Waals surface area (Å²) in [7, 11) is 1.65. The van der Waals surface area contributed by atoms with Crippen LogP contribution in [0, 0.1) is 0 Å². The smallest absolute Gasteiger partial charge is 0.242 e. The Hall–Kier alpha value is -2.05. The number of aromatic nitrogens is 1. The lowest BCUT2D eigenvalue weighted by atomic mass is 10.1. The molecule has 0 unspecified atom stereocenters. The molecule has 1 aromatic heterocycles. The summed E-state index contributed by atoms with van der Waals surface area (Å²) >= 11 is 0. The van der Waals surface area contributed by atoms with Crippen molar-refractivity contribution >= 4 is 16.8 Å². The zero-order chi connectivity index (χ0) is 18.0. The van der Waals surface area contributed by atoms with E-state index >= 15 is 0 Å². The predicted molar refractivity (Wildman–Crippen MR) is 97.8 cm³/mol. The number of fused-ring (bicyclic) bond motifs is 1. The number of methoxy groups -OCH3 is 1. The number of rotatable bonds is 5. The molecular formula is C19H27N3O3. The third-order valence-corrected chi connectivity index (χ3v) is 4.62. The molecule has 136 valence electrons. The highest BCUT2D eigenvalue weighted by Gasteiger charge is 2.25. The second-order valence-electron chi connectivity index (χ2n) is 7.34. The molecule has 6 heteroatoms. The van der Waals surface area contributed by atoms with Crippen molar-refractivity contribution in [2.75, 3.05) is 39.8 Å². The maximum atomic E-state index is 12.6. The Morgan fingerprint density at radius 1 is 1.20 bits per heavy atom. The largest absolute Gasteiger partial charge is 0.497 e. The van der Waals surface area contributed by atoms with E-state index in [4.69, 9.17) is 4.74 Å². The van der Waals surface area contributed by atoms with E-state index in [1.807, 2.05) is 53.8 Å². The standard InChI is InChI=1S/C19H27N3O3/c1-19(2,24)14-20-8-10-21(11-9-20)18(23)13-22-7-6-15-12-16(25-3)4-5-17(15)22/h4-7,12,24H,8-11,13-14H2,1-3H3. The summed E-state index contributed by atoms with van der Waals surface area (Å²) in [5, 5.41) is 11.0. The van der Waals surface area contributed by atoms with Crippen LogP contribution in [0.2, 0.25) is 0 Å². The van der Waals surface area contributed by atoms with Gasteiger partial charge in [0.05, 0.1) is 12.7 Å². The average Bonchev–Trinajstić information content (AvgIpc) is 2.96. The van der Waals surface area contributed by atoms with Gasteiger partial charge in [-0.2, -0.15) is 0 Å². The molecular weight excluding hydrogens is 318 g/mol. The summed E-state index contributed by atoms with van der Waals surface area (Å²) in [5.74, 6) is 0.954. The molecule has 1 fully saturated rings. The van der Waals surface area contributed by atoms with Crippen LogP contribution >= 0.6 is 0 Å². The van der Waals surface area contributed by atoms with Crippen LogP contribution in [0.4, 0.5) is 0 Å². The number of piperazine rings is 1. The van der Waals surface area contributed by atoms with Gasteiger partial charge < -0.3 is 19.3 Å². The molecule has 1 N–H and O–H groups in total. The van der Waals surface area contributed by atoms with Crippen LogP contribution in [0.1, 0.15) is 13.8 Å². The number of β-amino-alcohol motifs (C(OH)–C–C–N with tert-alkyl or cyclic N) is 1. The molecule has 2 heterocycles. The van der Waals surface area contributed by atoms with Gasteiger partial charge in [0.2, 0.25) is 5.91 Å². The second kappa shape index (κ2) is 7.06. The highest BCUT2D eigenvalue weighted by atomic mass is 16.5. The molecule has 6 nitrogen and oxygen atoms in total. The fraction of sp³-hybridized carbons (Fsp3) is 0.526. The average molecular weight is 345 g/mol. The Labute approximate surface area is 148 Å². The molecule has 0 spiro atoms. The van der Waals surface area contributed by atoms with Gasteiger partial charge in [0.25, 0.3) is 0 Å². The van der Waals surface area contributed by atoms with E-state index < -0.39 is 5.60 Å². The number of aliphatic hydroxyl groups is 1. The van der Waals surface area contributed by atoms with Crippen molar-refractivity contribution in [1.29, 1.82) is 0 Å².